The first-order chi connectivity index (χ1) is 18.0. The first kappa shape index (κ1) is 23.3. The van der Waals surface area contributed by atoms with Crippen molar-refractivity contribution < 1.29 is 13.9 Å². The molecule has 4 aromatic rings. The van der Waals surface area contributed by atoms with Crippen molar-refractivity contribution in [3.63, 3.8) is 0 Å². The van der Waals surface area contributed by atoms with Crippen LogP contribution in [-0.2, 0) is 17.8 Å². The maximum Gasteiger partial charge on any atom is 0.340 e. The molecule has 2 aromatic carbocycles. The number of hydrogen-bond acceptors (Lipinski definition) is 5. The van der Waals surface area contributed by atoms with Gasteiger partial charge in [-0.25, -0.2) is 4.79 Å². The van der Waals surface area contributed by atoms with E-state index in [-0.39, 0.29) is 35.5 Å². The smallest absolute Gasteiger partial charge is 0.340 e. The van der Waals surface area contributed by atoms with E-state index in [2.05, 4.69) is 0 Å². The second kappa shape index (κ2) is 9.39. The lowest BCUT2D eigenvalue weighted by Crippen LogP contribution is -2.50. The van der Waals surface area contributed by atoms with Crippen molar-refractivity contribution in [2.75, 3.05) is 19.7 Å². The van der Waals surface area contributed by atoms with Gasteiger partial charge in [0, 0.05) is 60.7 Å². The van der Waals surface area contributed by atoms with Gasteiger partial charge in [-0.15, -0.1) is 0 Å². The minimum atomic E-state index is -0.360. The number of pyridine rings is 1. The van der Waals surface area contributed by atoms with E-state index in [0.717, 1.165) is 28.6 Å². The van der Waals surface area contributed by atoms with Crippen molar-refractivity contribution >= 4 is 16.9 Å². The first-order valence-corrected chi connectivity index (χ1v) is 12.7. The second-order valence-electron chi connectivity index (χ2n) is 10.1. The molecule has 2 bridgehead atoms. The van der Waals surface area contributed by atoms with Gasteiger partial charge in [0.2, 0.25) is 0 Å². The third-order valence-corrected chi connectivity index (χ3v) is 7.68. The lowest BCUT2D eigenvalue weighted by atomic mass is 9.83. The predicted molar refractivity (Wildman–Crippen MR) is 140 cm³/mol. The SMILES string of the molecule is Cc1c(Cc2ccccc2)c(=O)oc2cc(OCC(=O)N3C[C@@H]4C[C@@H](C3)c3cccc(=O)n3C4)ccc12. The molecule has 1 amide bonds. The second-order valence-corrected chi connectivity index (χ2v) is 10.1. The minimum absolute atomic E-state index is 0.0284. The summed E-state index contributed by atoms with van der Waals surface area (Å²) in [4.78, 5) is 39.9. The lowest BCUT2D eigenvalue weighted by molar-refractivity contribution is -0.136. The van der Waals surface area contributed by atoms with Gasteiger partial charge in [-0.2, -0.15) is 0 Å². The van der Waals surface area contributed by atoms with E-state index in [0.29, 0.717) is 43.0 Å². The molecule has 0 unspecified atom stereocenters. The normalized spacial score (nSPS) is 18.5. The van der Waals surface area contributed by atoms with Gasteiger partial charge in [0.25, 0.3) is 11.5 Å². The molecule has 37 heavy (non-hydrogen) atoms. The van der Waals surface area contributed by atoms with Gasteiger partial charge in [-0.1, -0.05) is 36.4 Å². The monoisotopic (exact) mass is 496 g/mol. The Kier molecular flexibility index (Phi) is 5.91. The number of likely N-dealkylation sites (tertiary alicyclic amines) is 1. The predicted octanol–water partition coefficient (Wildman–Crippen LogP) is 3.88. The number of benzene rings is 2. The van der Waals surface area contributed by atoms with Crippen molar-refractivity contribution in [2.24, 2.45) is 5.92 Å². The van der Waals surface area contributed by atoms with E-state index in [1.807, 2.05) is 64.9 Å². The van der Waals surface area contributed by atoms with Gasteiger partial charge in [-0.3, -0.25) is 9.59 Å². The zero-order valence-corrected chi connectivity index (χ0v) is 20.7. The molecule has 7 heteroatoms. The topological polar surface area (TPSA) is 81.8 Å². The average molecular weight is 497 g/mol. The maximum atomic E-state index is 13.0. The van der Waals surface area contributed by atoms with Crippen LogP contribution in [0.1, 0.15) is 34.7 Å². The van der Waals surface area contributed by atoms with Crippen LogP contribution >= 0.6 is 0 Å². The van der Waals surface area contributed by atoms with E-state index >= 15 is 0 Å². The van der Waals surface area contributed by atoms with E-state index in [1.165, 1.54) is 0 Å². The summed E-state index contributed by atoms with van der Waals surface area (Å²) in [6, 6.07) is 20.6. The molecule has 6 rings (SSSR count). The molecule has 1 saturated heterocycles. The van der Waals surface area contributed by atoms with Crippen LogP contribution in [0.25, 0.3) is 11.0 Å². The number of carbonyl (C=O) groups is 1. The summed E-state index contributed by atoms with van der Waals surface area (Å²) < 4.78 is 13.3. The number of piperidine rings is 1. The molecule has 0 saturated carbocycles. The number of carbonyl (C=O) groups excluding carboxylic acids is 1. The number of aromatic nitrogens is 1. The summed E-state index contributed by atoms with van der Waals surface area (Å²) in [6.07, 6.45) is 1.50. The number of amides is 1. The molecule has 4 heterocycles. The summed E-state index contributed by atoms with van der Waals surface area (Å²) in [7, 11) is 0. The summed E-state index contributed by atoms with van der Waals surface area (Å²) in [5.74, 6) is 0.817. The van der Waals surface area contributed by atoms with Gasteiger partial charge < -0.3 is 18.6 Å². The van der Waals surface area contributed by atoms with E-state index in [9.17, 15) is 14.4 Å². The minimum Gasteiger partial charge on any atom is -0.484 e. The summed E-state index contributed by atoms with van der Waals surface area (Å²) >= 11 is 0. The molecule has 2 aliphatic heterocycles. The van der Waals surface area contributed by atoms with Crippen molar-refractivity contribution in [2.45, 2.75) is 32.2 Å². The highest BCUT2D eigenvalue weighted by atomic mass is 16.5. The van der Waals surface area contributed by atoms with Crippen molar-refractivity contribution in [1.29, 1.82) is 0 Å². The van der Waals surface area contributed by atoms with E-state index < -0.39 is 0 Å². The fourth-order valence-corrected chi connectivity index (χ4v) is 5.81. The van der Waals surface area contributed by atoms with E-state index in [1.54, 1.807) is 18.2 Å². The van der Waals surface area contributed by atoms with Crippen LogP contribution in [0.5, 0.6) is 5.75 Å². The lowest BCUT2D eigenvalue weighted by Gasteiger charge is -2.42. The quantitative estimate of drug-likeness (QED) is 0.392. The number of hydrogen-bond donors (Lipinski definition) is 0. The fourth-order valence-electron chi connectivity index (χ4n) is 5.81. The molecule has 7 nitrogen and oxygen atoms in total. The molecule has 0 N–H and O–H groups in total. The zero-order chi connectivity index (χ0) is 25.5. The van der Waals surface area contributed by atoms with E-state index in [4.69, 9.17) is 9.15 Å². The molecule has 0 aliphatic carbocycles. The van der Waals surface area contributed by atoms with Crippen LogP contribution in [0, 0.1) is 12.8 Å². The highest BCUT2D eigenvalue weighted by Crippen LogP contribution is 2.35. The number of fused-ring (bicyclic) bond motifs is 5. The molecule has 0 radical (unpaired) electrons. The highest BCUT2D eigenvalue weighted by molar-refractivity contribution is 5.83. The molecule has 188 valence electrons. The Morgan fingerprint density at radius 1 is 1.00 bits per heavy atom. The Morgan fingerprint density at radius 3 is 2.68 bits per heavy atom. The molecular weight excluding hydrogens is 468 g/mol. The van der Waals surface area contributed by atoms with Crippen molar-refractivity contribution in [3.05, 3.63) is 110 Å². The molecule has 1 fully saturated rings. The molecule has 2 aromatic heterocycles. The van der Waals surface area contributed by atoms with Crippen LogP contribution < -0.4 is 15.9 Å². The Morgan fingerprint density at radius 2 is 1.84 bits per heavy atom. The van der Waals surface area contributed by atoms with Gasteiger partial charge in [0.15, 0.2) is 6.61 Å². The molecular formula is C30H28N2O5. The number of aryl methyl sites for hydroxylation is 1. The Bertz CT molecular complexity index is 1600. The first-order valence-electron chi connectivity index (χ1n) is 12.7. The number of rotatable bonds is 5. The molecule has 2 aliphatic rings. The Hall–Kier alpha value is -4.13. The van der Waals surface area contributed by atoms with Gasteiger partial charge in [0.05, 0.1) is 0 Å². The molecule has 2 atom stereocenters. The van der Waals surface area contributed by atoms with Crippen molar-refractivity contribution in [3.8, 4) is 5.75 Å². The standard InChI is InChI=1S/C30H28N2O5/c1-19-24-11-10-23(14-27(24)37-30(35)25(19)13-20-6-3-2-4-7-20)36-18-29(34)31-15-21-12-22(17-31)26-8-5-9-28(33)32(26)16-21/h2-11,14,21-22H,12-13,15-18H2,1H3/t21-,22-/m0/s1. The number of ether oxygens (including phenoxy) is 1. The van der Waals surface area contributed by atoms with Crippen LogP contribution in [0.4, 0.5) is 0 Å². The van der Waals surface area contributed by atoms with Crippen LogP contribution in [-0.4, -0.2) is 35.1 Å². The number of nitrogens with zero attached hydrogens (tertiary/aromatic N) is 2. The van der Waals surface area contributed by atoms with Crippen LogP contribution in [0.2, 0.25) is 0 Å². The van der Waals surface area contributed by atoms with Crippen LogP contribution in [0.3, 0.4) is 0 Å². The average Bonchev–Trinajstić information content (AvgIpc) is 2.90. The third-order valence-electron chi connectivity index (χ3n) is 7.68. The largest absolute Gasteiger partial charge is 0.484 e. The molecule has 0 spiro atoms. The summed E-state index contributed by atoms with van der Waals surface area (Å²) in [5.41, 5.74) is 3.70. The van der Waals surface area contributed by atoms with Gasteiger partial charge in [0.1, 0.15) is 11.3 Å². The fraction of sp³-hybridized carbons (Fsp3) is 0.300. The third kappa shape index (κ3) is 4.46. The Balaban J connectivity index is 1.16. The summed E-state index contributed by atoms with van der Waals surface area (Å²) in [6.45, 7) is 3.68. The summed E-state index contributed by atoms with van der Waals surface area (Å²) in [5, 5.41) is 0.849. The van der Waals surface area contributed by atoms with Gasteiger partial charge >= 0.3 is 5.63 Å². The van der Waals surface area contributed by atoms with Crippen molar-refractivity contribution in [1.82, 2.24) is 9.47 Å². The zero-order valence-electron chi connectivity index (χ0n) is 20.7. The maximum absolute atomic E-state index is 13.0. The van der Waals surface area contributed by atoms with Crippen LogP contribution in [0.15, 0.2) is 80.7 Å². The Labute approximate surface area is 213 Å². The highest BCUT2D eigenvalue weighted by Gasteiger charge is 2.36. The van der Waals surface area contributed by atoms with Gasteiger partial charge in [-0.05, 0) is 48.6 Å².